The van der Waals surface area contributed by atoms with E-state index < -0.39 is 40.1 Å². The lowest BCUT2D eigenvalue weighted by atomic mass is 9.96. The summed E-state index contributed by atoms with van der Waals surface area (Å²) in [5.74, 6) is -1.56. The van der Waals surface area contributed by atoms with Crippen LogP contribution in [0, 0.1) is 16.7 Å². The van der Waals surface area contributed by atoms with Crippen molar-refractivity contribution in [2.24, 2.45) is 11.1 Å². The summed E-state index contributed by atoms with van der Waals surface area (Å²) < 4.78 is 40.1. The SMILES string of the molecule is N#Cc1c(-c2cc(C(F)(F)F)ccc2Cl)cc(-c2cc(Cl)cc(CCNC(=O)C3(C(N)=O)CC3)c2O)[nH]c1=O. The minimum atomic E-state index is -4.71. The number of amides is 2. The van der Waals surface area contributed by atoms with Gasteiger partial charge in [-0.05, 0) is 61.2 Å². The van der Waals surface area contributed by atoms with E-state index in [4.69, 9.17) is 28.9 Å². The molecule has 5 N–H and O–H groups in total. The lowest BCUT2D eigenvalue weighted by Crippen LogP contribution is -2.41. The molecule has 0 unspecified atom stereocenters. The number of rotatable bonds is 7. The van der Waals surface area contributed by atoms with Crippen LogP contribution in [0.5, 0.6) is 5.75 Å². The number of pyridine rings is 1. The molecule has 1 aromatic heterocycles. The van der Waals surface area contributed by atoms with Crippen molar-refractivity contribution in [1.29, 1.82) is 5.26 Å². The third kappa shape index (κ3) is 5.44. The van der Waals surface area contributed by atoms with Gasteiger partial charge in [0.05, 0.1) is 11.3 Å². The van der Waals surface area contributed by atoms with Crippen LogP contribution < -0.4 is 16.6 Å². The highest BCUT2D eigenvalue weighted by molar-refractivity contribution is 6.33. The molecule has 1 saturated carbocycles. The molecule has 1 heterocycles. The average Bonchev–Trinajstić information content (AvgIpc) is 3.67. The Bertz CT molecular complexity index is 1610. The number of halogens is 5. The van der Waals surface area contributed by atoms with Crippen LogP contribution in [0.25, 0.3) is 22.4 Å². The Hall–Kier alpha value is -4.01. The van der Waals surface area contributed by atoms with E-state index in [-0.39, 0.29) is 56.7 Å². The van der Waals surface area contributed by atoms with Gasteiger partial charge in [0, 0.05) is 33.3 Å². The molecule has 1 fully saturated rings. The number of hydrogen-bond acceptors (Lipinski definition) is 5. The number of hydrogen-bond donors (Lipinski definition) is 4. The average molecular weight is 579 g/mol. The second kappa shape index (κ2) is 10.3. The first kappa shape index (κ1) is 28.0. The van der Waals surface area contributed by atoms with Gasteiger partial charge in [0.2, 0.25) is 11.8 Å². The van der Waals surface area contributed by atoms with Gasteiger partial charge in [-0.3, -0.25) is 14.4 Å². The van der Waals surface area contributed by atoms with Gasteiger partial charge in [0.25, 0.3) is 5.56 Å². The van der Waals surface area contributed by atoms with Gasteiger partial charge in [0.15, 0.2) is 0 Å². The number of nitrogens with one attached hydrogen (secondary N) is 2. The van der Waals surface area contributed by atoms with E-state index in [1.165, 1.54) is 18.2 Å². The second-order valence-electron chi connectivity index (χ2n) is 9.02. The number of primary amides is 1. The van der Waals surface area contributed by atoms with Crippen LogP contribution in [-0.4, -0.2) is 28.4 Å². The molecule has 8 nitrogen and oxygen atoms in total. The van der Waals surface area contributed by atoms with Crippen molar-refractivity contribution in [3.63, 3.8) is 0 Å². The van der Waals surface area contributed by atoms with Crippen LogP contribution in [0.15, 0.2) is 41.2 Å². The fourth-order valence-corrected chi connectivity index (χ4v) is 4.64. The highest BCUT2D eigenvalue weighted by atomic mass is 35.5. The lowest BCUT2D eigenvalue weighted by molar-refractivity contribution is -0.138. The van der Waals surface area contributed by atoms with Crippen molar-refractivity contribution < 1.29 is 27.9 Å². The van der Waals surface area contributed by atoms with E-state index in [1.807, 2.05) is 0 Å². The number of carbonyl (C=O) groups is 2. The van der Waals surface area contributed by atoms with Gasteiger partial charge >= 0.3 is 6.18 Å². The van der Waals surface area contributed by atoms with Gasteiger partial charge in [-0.1, -0.05) is 23.2 Å². The summed E-state index contributed by atoms with van der Waals surface area (Å²) >= 11 is 12.4. The lowest BCUT2D eigenvalue weighted by Gasteiger charge is -2.15. The number of phenolic OH excluding ortho intramolecular Hbond substituents is 1. The van der Waals surface area contributed by atoms with E-state index in [1.54, 1.807) is 6.07 Å². The Morgan fingerprint density at radius 3 is 2.41 bits per heavy atom. The predicted octanol–water partition coefficient (Wildman–Crippen LogP) is 4.54. The first-order valence-corrected chi connectivity index (χ1v) is 12.2. The summed E-state index contributed by atoms with van der Waals surface area (Å²) in [6.07, 6.45) is -3.93. The topological polar surface area (TPSA) is 149 Å². The van der Waals surface area contributed by atoms with Gasteiger partial charge in [-0.15, -0.1) is 0 Å². The third-order valence-corrected chi connectivity index (χ3v) is 7.06. The highest BCUT2D eigenvalue weighted by Gasteiger charge is 2.55. The van der Waals surface area contributed by atoms with Crippen molar-refractivity contribution >= 4 is 35.0 Å². The third-order valence-electron chi connectivity index (χ3n) is 6.51. The summed E-state index contributed by atoms with van der Waals surface area (Å²) in [5.41, 5.74) is 1.51. The number of benzene rings is 2. The number of nitriles is 1. The molecule has 202 valence electrons. The Balaban J connectivity index is 1.73. The number of aromatic nitrogens is 1. The second-order valence-corrected chi connectivity index (χ2v) is 9.86. The number of H-pyrrole nitrogens is 1. The number of aromatic hydroxyl groups is 1. The van der Waals surface area contributed by atoms with Crippen LogP contribution >= 0.6 is 23.2 Å². The fraction of sp³-hybridized carbons (Fsp3) is 0.231. The zero-order chi connectivity index (χ0) is 28.7. The number of alkyl halides is 3. The smallest absolute Gasteiger partial charge is 0.416 e. The van der Waals surface area contributed by atoms with Crippen LogP contribution in [0.4, 0.5) is 13.2 Å². The monoisotopic (exact) mass is 578 g/mol. The number of carbonyl (C=O) groups excluding carboxylic acids is 2. The Labute approximate surface area is 229 Å². The molecular formula is C26H19Cl2F3N4O4. The minimum Gasteiger partial charge on any atom is -0.507 e. The van der Waals surface area contributed by atoms with Crippen LogP contribution in [-0.2, 0) is 22.2 Å². The quantitative estimate of drug-likeness (QED) is 0.304. The zero-order valence-corrected chi connectivity index (χ0v) is 21.4. The maximum atomic E-state index is 13.4. The molecule has 0 saturated heterocycles. The largest absolute Gasteiger partial charge is 0.507 e. The van der Waals surface area contributed by atoms with Crippen molar-refractivity contribution in [3.05, 3.63) is 73.5 Å². The van der Waals surface area contributed by atoms with E-state index in [0.29, 0.717) is 12.8 Å². The van der Waals surface area contributed by atoms with E-state index >= 15 is 0 Å². The summed E-state index contributed by atoms with van der Waals surface area (Å²) in [6.45, 7) is 0.0240. The molecule has 13 heteroatoms. The van der Waals surface area contributed by atoms with E-state index in [0.717, 1.165) is 18.2 Å². The van der Waals surface area contributed by atoms with Crippen molar-refractivity contribution in [1.82, 2.24) is 10.3 Å². The first-order chi connectivity index (χ1) is 18.3. The number of nitrogens with two attached hydrogens (primary N) is 1. The van der Waals surface area contributed by atoms with E-state index in [9.17, 15) is 37.9 Å². The summed E-state index contributed by atoms with van der Waals surface area (Å²) in [7, 11) is 0. The number of phenols is 1. The molecule has 1 aliphatic carbocycles. The number of aromatic amines is 1. The van der Waals surface area contributed by atoms with Crippen molar-refractivity contribution in [2.75, 3.05) is 6.54 Å². The molecule has 0 radical (unpaired) electrons. The standard InChI is InChI=1S/C26H19Cl2F3N4O4/c27-14-7-12(3-6-34-24(39)25(4-5-25)23(33)38)21(36)17(9-14)20-10-15(18(11-32)22(37)35-20)16-8-13(26(29,30)31)1-2-19(16)28/h1-2,7-10,36H,3-6H2,(H2,33,38)(H,34,39)(H,35,37). The first-order valence-electron chi connectivity index (χ1n) is 11.4. The Morgan fingerprint density at radius 1 is 1.13 bits per heavy atom. The van der Waals surface area contributed by atoms with E-state index in [2.05, 4.69) is 10.3 Å². The molecule has 2 aromatic carbocycles. The van der Waals surface area contributed by atoms with Crippen LogP contribution in [0.3, 0.4) is 0 Å². The zero-order valence-electron chi connectivity index (χ0n) is 19.9. The molecular weight excluding hydrogens is 560 g/mol. The molecule has 4 rings (SSSR count). The van der Waals surface area contributed by atoms with Gasteiger partial charge < -0.3 is 21.1 Å². The Kier molecular flexibility index (Phi) is 7.38. The summed E-state index contributed by atoms with van der Waals surface area (Å²) in [6, 6.07) is 8.17. The maximum Gasteiger partial charge on any atom is 0.416 e. The minimum absolute atomic E-state index is 0.0190. The predicted molar refractivity (Wildman–Crippen MR) is 137 cm³/mol. The number of nitrogens with zero attached hydrogens (tertiary/aromatic N) is 1. The molecule has 0 bridgehead atoms. The maximum absolute atomic E-state index is 13.4. The van der Waals surface area contributed by atoms with Gasteiger partial charge in [-0.25, -0.2) is 0 Å². The molecule has 2 amide bonds. The van der Waals surface area contributed by atoms with Gasteiger partial charge in [0.1, 0.15) is 22.8 Å². The summed E-state index contributed by atoms with van der Waals surface area (Å²) in [5, 5.41) is 23.1. The molecule has 0 atom stereocenters. The normalized spacial score (nSPS) is 13.9. The fourth-order valence-electron chi connectivity index (χ4n) is 4.18. The van der Waals surface area contributed by atoms with Crippen LogP contribution in [0.2, 0.25) is 10.0 Å². The van der Waals surface area contributed by atoms with Crippen molar-refractivity contribution in [2.45, 2.75) is 25.4 Å². The van der Waals surface area contributed by atoms with Gasteiger partial charge in [-0.2, -0.15) is 18.4 Å². The Morgan fingerprint density at radius 2 is 1.82 bits per heavy atom. The van der Waals surface area contributed by atoms with Crippen LogP contribution in [0.1, 0.15) is 29.5 Å². The molecule has 3 aromatic rings. The highest BCUT2D eigenvalue weighted by Crippen LogP contribution is 2.45. The molecule has 0 aliphatic heterocycles. The molecule has 1 aliphatic rings. The molecule has 39 heavy (non-hydrogen) atoms. The summed E-state index contributed by atoms with van der Waals surface area (Å²) in [4.78, 5) is 39.1. The van der Waals surface area contributed by atoms with Crippen molar-refractivity contribution in [3.8, 4) is 34.2 Å². The molecule has 0 spiro atoms.